The van der Waals surface area contributed by atoms with Crippen LogP contribution in [0.4, 0.5) is 0 Å². The first-order valence-electron chi connectivity index (χ1n) is 7.82. The van der Waals surface area contributed by atoms with Gasteiger partial charge in [0.15, 0.2) is 0 Å². The van der Waals surface area contributed by atoms with E-state index in [0.29, 0.717) is 11.8 Å². The van der Waals surface area contributed by atoms with Crippen molar-refractivity contribution in [3.63, 3.8) is 0 Å². The number of fused-ring (bicyclic) bond motifs is 1. The highest BCUT2D eigenvalue weighted by atomic mass is 15.1. The molecule has 2 aromatic rings. The molecule has 3 heteroatoms. The minimum Gasteiger partial charge on any atom is -0.328 e. The summed E-state index contributed by atoms with van der Waals surface area (Å²) in [5.74, 6) is 2.53. The first-order valence-corrected chi connectivity index (χ1v) is 7.82. The lowest BCUT2D eigenvalue weighted by atomic mass is 9.92. The van der Waals surface area contributed by atoms with Gasteiger partial charge < -0.3 is 9.88 Å². The summed E-state index contributed by atoms with van der Waals surface area (Å²) in [5.41, 5.74) is 2.38. The molecule has 1 heterocycles. The number of benzene rings is 1. The van der Waals surface area contributed by atoms with E-state index in [2.05, 4.69) is 61.8 Å². The molecule has 2 unspecified atom stereocenters. The Labute approximate surface area is 122 Å². The van der Waals surface area contributed by atoms with Gasteiger partial charge in [0.25, 0.3) is 0 Å². The Balaban J connectivity index is 2.16. The zero-order chi connectivity index (χ0) is 14.5. The maximum absolute atomic E-state index is 4.83. The molecule has 0 radical (unpaired) electrons. The van der Waals surface area contributed by atoms with Crippen molar-refractivity contribution in [1.29, 1.82) is 0 Å². The van der Waals surface area contributed by atoms with Crippen molar-refractivity contribution in [1.82, 2.24) is 14.9 Å². The second kappa shape index (κ2) is 6.89. The smallest absolute Gasteiger partial charge is 0.110 e. The molecule has 0 amide bonds. The van der Waals surface area contributed by atoms with Gasteiger partial charge in [0.05, 0.1) is 11.0 Å². The average molecular weight is 273 g/mol. The Hall–Kier alpha value is -1.35. The van der Waals surface area contributed by atoms with Gasteiger partial charge in [-0.15, -0.1) is 0 Å². The standard InChI is InChI=1S/C17H27N3/c1-5-18-12-14(4)13(3)11-17-19-15-9-7-8-10-16(15)20(17)6-2/h7-10,13-14,18H,5-6,11-12H2,1-4H3. The van der Waals surface area contributed by atoms with Gasteiger partial charge >= 0.3 is 0 Å². The number of hydrogen-bond acceptors (Lipinski definition) is 2. The van der Waals surface area contributed by atoms with E-state index >= 15 is 0 Å². The minimum atomic E-state index is 0.635. The Morgan fingerprint density at radius 1 is 1.15 bits per heavy atom. The predicted molar refractivity (Wildman–Crippen MR) is 86.0 cm³/mol. The van der Waals surface area contributed by atoms with Crippen LogP contribution in [0.15, 0.2) is 24.3 Å². The molecule has 1 aromatic carbocycles. The molecule has 2 rings (SSSR count). The Morgan fingerprint density at radius 2 is 1.90 bits per heavy atom. The monoisotopic (exact) mass is 273 g/mol. The summed E-state index contributed by atoms with van der Waals surface area (Å²) in [6.45, 7) is 12.1. The zero-order valence-corrected chi connectivity index (χ0v) is 13.2. The van der Waals surface area contributed by atoms with E-state index in [1.165, 1.54) is 11.3 Å². The van der Waals surface area contributed by atoms with Crippen LogP contribution in [0.3, 0.4) is 0 Å². The Bertz CT molecular complexity index is 544. The van der Waals surface area contributed by atoms with Crippen LogP contribution < -0.4 is 5.32 Å². The van der Waals surface area contributed by atoms with Crippen LogP contribution >= 0.6 is 0 Å². The van der Waals surface area contributed by atoms with Crippen LogP contribution in [0.1, 0.15) is 33.5 Å². The maximum atomic E-state index is 4.83. The first kappa shape index (κ1) is 15.0. The van der Waals surface area contributed by atoms with Crippen LogP contribution in [0, 0.1) is 11.8 Å². The van der Waals surface area contributed by atoms with E-state index in [9.17, 15) is 0 Å². The molecule has 0 aliphatic rings. The molecule has 0 fully saturated rings. The summed E-state index contributed by atoms with van der Waals surface area (Å²) in [6, 6.07) is 8.44. The lowest BCUT2D eigenvalue weighted by Crippen LogP contribution is -2.26. The number of aromatic nitrogens is 2. The predicted octanol–water partition coefficient (Wildman–Crippen LogP) is 3.48. The molecule has 0 bridgehead atoms. The largest absolute Gasteiger partial charge is 0.328 e. The molecule has 2 atom stereocenters. The van der Waals surface area contributed by atoms with E-state index in [1.807, 2.05) is 0 Å². The van der Waals surface area contributed by atoms with E-state index in [-0.39, 0.29) is 0 Å². The van der Waals surface area contributed by atoms with Crippen molar-refractivity contribution >= 4 is 11.0 Å². The van der Waals surface area contributed by atoms with E-state index < -0.39 is 0 Å². The summed E-state index contributed by atoms with van der Waals surface area (Å²) in [6.07, 6.45) is 1.05. The number of nitrogens with zero attached hydrogens (tertiary/aromatic N) is 2. The molecule has 0 spiro atoms. The van der Waals surface area contributed by atoms with Crippen LogP contribution in [0.2, 0.25) is 0 Å². The third-order valence-electron chi connectivity index (χ3n) is 4.24. The summed E-state index contributed by atoms with van der Waals surface area (Å²) < 4.78 is 2.35. The van der Waals surface area contributed by atoms with Gasteiger partial charge in [0.1, 0.15) is 5.82 Å². The number of imidazole rings is 1. The normalized spacial score (nSPS) is 14.6. The topological polar surface area (TPSA) is 29.9 Å². The van der Waals surface area contributed by atoms with Gasteiger partial charge in [-0.2, -0.15) is 0 Å². The summed E-state index contributed by atoms with van der Waals surface area (Å²) >= 11 is 0. The van der Waals surface area contributed by atoms with Crippen molar-refractivity contribution in [2.24, 2.45) is 11.8 Å². The fourth-order valence-corrected chi connectivity index (χ4v) is 2.70. The van der Waals surface area contributed by atoms with E-state index in [4.69, 9.17) is 4.98 Å². The highest BCUT2D eigenvalue weighted by Crippen LogP contribution is 2.21. The Kier molecular flexibility index (Phi) is 5.18. The number of rotatable bonds is 7. The van der Waals surface area contributed by atoms with Crippen molar-refractivity contribution in [3.8, 4) is 0 Å². The van der Waals surface area contributed by atoms with Crippen LogP contribution in [0.5, 0.6) is 0 Å². The van der Waals surface area contributed by atoms with Crippen LogP contribution in [-0.4, -0.2) is 22.6 Å². The van der Waals surface area contributed by atoms with Crippen molar-refractivity contribution < 1.29 is 0 Å². The molecule has 20 heavy (non-hydrogen) atoms. The quantitative estimate of drug-likeness (QED) is 0.837. The second-order valence-electron chi connectivity index (χ2n) is 5.73. The fraction of sp³-hybridized carbons (Fsp3) is 0.588. The molecule has 0 aliphatic carbocycles. The second-order valence-corrected chi connectivity index (χ2v) is 5.73. The van der Waals surface area contributed by atoms with Gasteiger partial charge in [-0.3, -0.25) is 0 Å². The summed E-state index contributed by atoms with van der Waals surface area (Å²) in [4.78, 5) is 4.83. The number of nitrogens with one attached hydrogen (secondary N) is 1. The van der Waals surface area contributed by atoms with Gasteiger partial charge in [-0.05, 0) is 44.0 Å². The van der Waals surface area contributed by atoms with Crippen molar-refractivity contribution in [2.75, 3.05) is 13.1 Å². The molecule has 0 saturated carbocycles. The average Bonchev–Trinajstić information content (AvgIpc) is 2.81. The lowest BCUT2D eigenvalue weighted by Gasteiger charge is -2.20. The summed E-state index contributed by atoms with van der Waals surface area (Å²) in [7, 11) is 0. The molecule has 110 valence electrons. The molecule has 0 aliphatic heterocycles. The molecular weight excluding hydrogens is 246 g/mol. The number of para-hydroxylation sites is 2. The third kappa shape index (κ3) is 3.21. The molecule has 0 saturated heterocycles. The number of hydrogen-bond donors (Lipinski definition) is 1. The van der Waals surface area contributed by atoms with Gasteiger partial charge in [-0.1, -0.05) is 32.9 Å². The molecule has 1 aromatic heterocycles. The van der Waals surface area contributed by atoms with Crippen LogP contribution in [0.25, 0.3) is 11.0 Å². The fourth-order valence-electron chi connectivity index (χ4n) is 2.70. The van der Waals surface area contributed by atoms with Crippen molar-refractivity contribution in [3.05, 3.63) is 30.1 Å². The summed E-state index contributed by atoms with van der Waals surface area (Å²) in [5, 5.41) is 3.44. The number of aryl methyl sites for hydroxylation is 1. The van der Waals surface area contributed by atoms with Gasteiger partial charge in [-0.25, -0.2) is 4.98 Å². The third-order valence-corrected chi connectivity index (χ3v) is 4.24. The SMILES string of the molecule is CCNCC(C)C(C)Cc1nc2ccccc2n1CC. The molecule has 3 nitrogen and oxygen atoms in total. The van der Waals surface area contributed by atoms with E-state index in [1.54, 1.807) is 0 Å². The highest BCUT2D eigenvalue weighted by molar-refractivity contribution is 5.75. The van der Waals surface area contributed by atoms with Gasteiger partial charge in [0.2, 0.25) is 0 Å². The molecule has 1 N–H and O–H groups in total. The zero-order valence-electron chi connectivity index (χ0n) is 13.2. The van der Waals surface area contributed by atoms with Crippen molar-refractivity contribution in [2.45, 2.75) is 40.7 Å². The Morgan fingerprint density at radius 3 is 2.60 bits per heavy atom. The van der Waals surface area contributed by atoms with Gasteiger partial charge in [0, 0.05) is 13.0 Å². The first-order chi connectivity index (χ1) is 9.67. The minimum absolute atomic E-state index is 0.635. The highest BCUT2D eigenvalue weighted by Gasteiger charge is 2.17. The lowest BCUT2D eigenvalue weighted by molar-refractivity contribution is 0.359. The molecular formula is C17H27N3. The maximum Gasteiger partial charge on any atom is 0.110 e. The van der Waals surface area contributed by atoms with Crippen LogP contribution in [-0.2, 0) is 13.0 Å². The van der Waals surface area contributed by atoms with E-state index in [0.717, 1.165) is 31.6 Å².